The summed E-state index contributed by atoms with van der Waals surface area (Å²) >= 11 is 1.41. The SMILES string of the molecule is CC(C)[C@H](C)NC(=O)CSc1nnc(-c2ccc(C(C)(C)C)cc2)n1C. The number of benzene rings is 1. The minimum absolute atomic E-state index is 0.0234. The third-order valence-electron chi connectivity index (χ3n) is 4.57. The van der Waals surface area contributed by atoms with Crippen LogP contribution < -0.4 is 5.32 Å². The molecule has 0 unspecified atom stereocenters. The van der Waals surface area contributed by atoms with Crippen molar-refractivity contribution < 1.29 is 4.79 Å². The van der Waals surface area contributed by atoms with E-state index in [9.17, 15) is 4.79 Å². The number of carbonyl (C=O) groups is 1. The van der Waals surface area contributed by atoms with Gasteiger partial charge in [-0.1, -0.05) is 70.6 Å². The fourth-order valence-electron chi connectivity index (χ4n) is 2.40. The van der Waals surface area contributed by atoms with Crippen molar-refractivity contribution in [2.24, 2.45) is 13.0 Å². The van der Waals surface area contributed by atoms with Crippen LogP contribution in [0.4, 0.5) is 0 Å². The summed E-state index contributed by atoms with van der Waals surface area (Å²) in [6.07, 6.45) is 0. The second kappa shape index (κ2) is 8.25. The standard InChI is InChI=1S/C20H30N4OS/c1-13(2)14(3)21-17(25)12-26-19-23-22-18(24(19)7)15-8-10-16(11-9-15)20(4,5)6/h8-11,13-14H,12H2,1-7H3,(H,21,25)/t14-/m0/s1. The van der Waals surface area contributed by atoms with E-state index in [2.05, 4.69) is 74.4 Å². The largest absolute Gasteiger partial charge is 0.353 e. The number of hydrogen-bond donors (Lipinski definition) is 1. The highest BCUT2D eigenvalue weighted by molar-refractivity contribution is 7.99. The van der Waals surface area contributed by atoms with Crippen LogP contribution >= 0.6 is 11.8 Å². The second-order valence-electron chi connectivity index (χ2n) is 8.08. The Morgan fingerprint density at radius 3 is 2.31 bits per heavy atom. The molecule has 0 aliphatic heterocycles. The Morgan fingerprint density at radius 2 is 1.77 bits per heavy atom. The predicted octanol–water partition coefficient (Wildman–Crippen LogP) is 4.03. The lowest BCUT2D eigenvalue weighted by molar-refractivity contribution is -0.119. The van der Waals surface area contributed by atoms with Gasteiger partial charge in [-0.25, -0.2) is 0 Å². The number of aromatic nitrogens is 3. The summed E-state index contributed by atoms with van der Waals surface area (Å²) in [6.45, 7) is 12.8. The van der Waals surface area contributed by atoms with E-state index in [1.165, 1.54) is 17.3 Å². The molecule has 0 fully saturated rings. The van der Waals surface area contributed by atoms with Crippen molar-refractivity contribution in [3.05, 3.63) is 29.8 Å². The van der Waals surface area contributed by atoms with E-state index >= 15 is 0 Å². The molecule has 1 atom stereocenters. The molecule has 1 amide bonds. The molecule has 0 aliphatic rings. The number of rotatable bonds is 6. The minimum Gasteiger partial charge on any atom is -0.353 e. The average Bonchev–Trinajstić information content (AvgIpc) is 2.93. The number of amides is 1. The van der Waals surface area contributed by atoms with Gasteiger partial charge < -0.3 is 9.88 Å². The first-order chi connectivity index (χ1) is 12.1. The number of thioether (sulfide) groups is 1. The van der Waals surface area contributed by atoms with E-state index < -0.39 is 0 Å². The van der Waals surface area contributed by atoms with Crippen LogP contribution in [0.3, 0.4) is 0 Å². The monoisotopic (exact) mass is 374 g/mol. The molecule has 0 spiro atoms. The van der Waals surface area contributed by atoms with Gasteiger partial charge in [0.25, 0.3) is 0 Å². The van der Waals surface area contributed by atoms with E-state index in [1.54, 1.807) is 0 Å². The Balaban J connectivity index is 2.05. The lowest BCUT2D eigenvalue weighted by Crippen LogP contribution is -2.37. The van der Waals surface area contributed by atoms with Crippen molar-refractivity contribution in [3.8, 4) is 11.4 Å². The van der Waals surface area contributed by atoms with Gasteiger partial charge in [-0.3, -0.25) is 4.79 Å². The Kier molecular flexibility index (Phi) is 6.50. The van der Waals surface area contributed by atoms with Gasteiger partial charge in [-0.05, 0) is 23.8 Å². The summed E-state index contributed by atoms with van der Waals surface area (Å²) in [4.78, 5) is 12.1. The Bertz CT molecular complexity index is 744. The molecule has 1 N–H and O–H groups in total. The first kappa shape index (κ1) is 20.5. The fourth-order valence-corrected chi connectivity index (χ4v) is 3.13. The molecule has 0 aliphatic carbocycles. The number of carbonyl (C=O) groups excluding carboxylic acids is 1. The minimum atomic E-state index is 0.0234. The van der Waals surface area contributed by atoms with Crippen LogP contribution in [0.1, 0.15) is 47.1 Å². The van der Waals surface area contributed by atoms with E-state index in [4.69, 9.17) is 0 Å². The zero-order valence-corrected chi connectivity index (χ0v) is 17.6. The predicted molar refractivity (Wildman–Crippen MR) is 108 cm³/mol. The lowest BCUT2D eigenvalue weighted by atomic mass is 9.87. The molecule has 1 heterocycles. The molecule has 0 saturated heterocycles. The van der Waals surface area contributed by atoms with Gasteiger partial charge >= 0.3 is 0 Å². The van der Waals surface area contributed by atoms with E-state index in [1.807, 2.05) is 18.5 Å². The molecule has 1 aromatic carbocycles. The maximum atomic E-state index is 12.1. The zero-order valence-electron chi connectivity index (χ0n) is 16.8. The molecule has 0 radical (unpaired) electrons. The summed E-state index contributed by atoms with van der Waals surface area (Å²) in [5, 5.41) is 12.3. The Morgan fingerprint density at radius 1 is 1.15 bits per heavy atom. The van der Waals surface area contributed by atoms with Crippen LogP contribution in [0.5, 0.6) is 0 Å². The fraction of sp³-hybridized carbons (Fsp3) is 0.550. The number of hydrogen-bond acceptors (Lipinski definition) is 4. The highest BCUT2D eigenvalue weighted by Gasteiger charge is 2.17. The first-order valence-corrected chi connectivity index (χ1v) is 10.0. The quantitative estimate of drug-likeness (QED) is 0.776. The second-order valence-corrected chi connectivity index (χ2v) is 9.02. The third-order valence-corrected chi connectivity index (χ3v) is 5.59. The van der Waals surface area contributed by atoms with Crippen LogP contribution in [-0.2, 0) is 17.3 Å². The average molecular weight is 375 g/mol. The molecule has 0 saturated carbocycles. The van der Waals surface area contributed by atoms with Gasteiger partial charge in [0.05, 0.1) is 5.75 Å². The normalized spacial score (nSPS) is 13.1. The van der Waals surface area contributed by atoms with Gasteiger partial charge in [0.2, 0.25) is 5.91 Å². The van der Waals surface area contributed by atoms with Gasteiger partial charge in [-0.2, -0.15) is 0 Å². The third kappa shape index (κ3) is 5.10. The van der Waals surface area contributed by atoms with E-state index in [-0.39, 0.29) is 17.4 Å². The summed E-state index contributed by atoms with van der Waals surface area (Å²) < 4.78 is 1.94. The summed E-state index contributed by atoms with van der Waals surface area (Å²) in [5.41, 5.74) is 2.44. The smallest absolute Gasteiger partial charge is 0.230 e. The summed E-state index contributed by atoms with van der Waals surface area (Å²) in [5.74, 6) is 1.59. The lowest BCUT2D eigenvalue weighted by Gasteiger charge is -2.19. The van der Waals surface area contributed by atoms with Gasteiger partial charge in [-0.15, -0.1) is 10.2 Å². The summed E-state index contributed by atoms with van der Waals surface area (Å²) in [7, 11) is 1.93. The molecule has 2 aromatic rings. The molecule has 142 valence electrons. The van der Waals surface area contributed by atoms with Crippen molar-refractivity contribution in [2.45, 2.75) is 58.2 Å². The molecular formula is C20H30N4OS. The maximum absolute atomic E-state index is 12.1. The van der Waals surface area contributed by atoms with Gasteiger partial charge in [0.15, 0.2) is 11.0 Å². The molecular weight excluding hydrogens is 344 g/mol. The highest BCUT2D eigenvalue weighted by atomic mass is 32.2. The molecule has 0 bridgehead atoms. The number of nitrogens with zero attached hydrogens (tertiary/aromatic N) is 3. The van der Waals surface area contributed by atoms with E-state index in [0.29, 0.717) is 11.7 Å². The molecule has 6 heteroatoms. The Labute approximate surface area is 161 Å². The van der Waals surface area contributed by atoms with Crippen molar-refractivity contribution in [3.63, 3.8) is 0 Å². The van der Waals surface area contributed by atoms with Crippen molar-refractivity contribution in [1.82, 2.24) is 20.1 Å². The van der Waals surface area contributed by atoms with Gasteiger partial charge in [0.1, 0.15) is 0 Å². The number of nitrogens with one attached hydrogen (secondary N) is 1. The molecule has 2 rings (SSSR count). The first-order valence-electron chi connectivity index (χ1n) is 9.02. The molecule has 26 heavy (non-hydrogen) atoms. The van der Waals surface area contributed by atoms with Crippen molar-refractivity contribution in [2.75, 3.05) is 5.75 Å². The van der Waals surface area contributed by atoms with Crippen molar-refractivity contribution in [1.29, 1.82) is 0 Å². The maximum Gasteiger partial charge on any atom is 0.230 e. The summed E-state index contributed by atoms with van der Waals surface area (Å²) in [6, 6.07) is 8.60. The van der Waals surface area contributed by atoms with Gasteiger partial charge in [0, 0.05) is 18.7 Å². The van der Waals surface area contributed by atoms with E-state index in [0.717, 1.165) is 16.5 Å². The highest BCUT2D eigenvalue weighted by Crippen LogP contribution is 2.27. The van der Waals surface area contributed by atoms with Crippen LogP contribution in [0.15, 0.2) is 29.4 Å². The Hall–Kier alpha value is -1.82. The zero-order chi connectivity index (χ0) is 19.5. The van der Waals surface area contributed by atoms with Crippen LogP contribution in [0, 0.1) is 5.92 Å². The van der Waals surface area contributed by atoms with Crippen molar-refractivity contribution >= 4 is 17.7 Å². The molecule has 1 aromatic heterocycles. The topological polar surface area (TPSA) is 59.8 Å². The van der Waals surface area contributed by atoms with Crippen LogP contribution in [0.2, 0.25) is 0 Å². The van der Waals surface area contributed by atoms with Crippen LogP contribution in [-0.4, -0.2) is 32.5 Å². The molecule has 5 nitrogen and oxygen atoms in total. The van der Waals surface area contributed by atoms with Crippen LogP contribution in [0.25, 0.3) is 11.4 Å².